The van der Waals surface area contributed by atoms with Crippen molar-refractivity contribution in [2.45, 2.75) is 32.3 Å². The second kappa shape index (κ2) is 9.11. The molecule has 2 heteroatoms. The Morgan fingerprint density at radius 2 is 2.03 bits per heavy atom. The summed E-state index contributed by atoms with van der Waals surface area (Å²) in [5, 5.41) is 11.0. The van der Waals surface area contributed by atoms with Gasteiger partial charge in [-0.1, -0.05) is 67.8 Å². The largest absolute Gasteiger partial charge is 0.496 e. The molecule has 0 radical (unpaired) electrons. The Morgan fingerprint density at radius 1 is 1.24 bits per heavy atom. The molecular weight excluding hydrogens is 356 g/mol. The van der Waals surface area contributed by atoms with E-state index < -0.39 is 6.10 Å². The van der Waals surface area contributed by atoms with E-state index in [2.05, 4.69) is 43.5 Å². The average Bonchev–Trinajstić information content (AvgIpc) is 3.54. The van der Waals surface area contributed by atoms with E-state index in [9.17, 15) is 5.11 Å². The normalized spacial score (nSPS) is 19.8. The van der Waals surface area contributed by atoms with Gasteiger partial charge in [0.1, 0.15) is 5.75 Å². The fraction of sp³-hybridized carbons (Fsp3) is 0.259. The maximum absolute atomic E-state index is 11.0. The van der Waals surface area contributed by atoms with E-state index in [1.807, 2.05) is 50.3 Å². The van der Waals surface area contributed by atoms with Crippen molar-refractivity contribution in [1.82, 2.24) is 0 Å². The number of methoxy groups -OCH3 is 1. The number of hydrogen-bond acceptors (Lipinski definition) is 2. The standard InChI is InChI=1S/C27H30O2/c1-6-8-10-19(7-2)20-11-9-12-21(15-20)24-17-25(24)27(28)22-13-14-26(29-5)23(16-22)18(3)4/h6-16,24-25,27-28H,2-3,17H2,1,4-5H3/b8-6-,19-10+. The fourth-order valence-corrected chi connectivity index (χ4v) is 3.87. The molecule has 1 aliphatic carbocycles. The van der Waals surface area contributed by atoms with Crippen LogP contribution in [-0.2, 0) is 0 Å². The number of ether oxygens (including phenoxy) is 1. The molecule has 0 aromatic heterocycles. The number of rotatable bonds is 8. The number of hydrogen-bond donors (Lipinski definition) is 1. The first kappa shape index (κ1) is 20.9. The Labute approximate surface area is 174 Å². The van der Waals surface area contributed by atoms with Gasteiger partial charge in [0, 0.05) is 5.56 Å². The van der Waals surface area contributed by atoms with Crippen LogP contribution in [0, 0.1) is 5.92 Å². The van der Waals surface area contributed by atoms with Crippen LogP contribution in [0.15, 0.2) is 79.9 Å². The molecule has 0 amide bonds. The molecule has 3 atom stereocenters. The Kier molecular flexibility index (Phi) is 6.56. The molecule has 2 aromatic rings. The third-order valence-corrected chi connectivity index (χ3v) is 5.61. The molecule has 1 aliphatic rings. The molecule has 3 unspecified atom stereocenters. The molecule has 1 saturated carbocycles. The second-order valence-corrected chi connectivity index (χ2v) is 7.67. The smallest absolute Gasteiger partial charge is 0.126 e. The van der Waals surface area contributed by atoms with Crippen molar-refractivity contribution >= 4 is 11.1 Å². The lowest BCUT2D eigenvalue weighted by molar-refractivity contribution is 0.151. The van der Waals surface area contributed by atoms with Crippen molar-refractivity contribution in [3.63, 3.8) is 0 Å². The van der Waals surface area contributed by atoms with Crippen LogP contribution in [-0.4, -0.2) is 12.2 Å². The van der Waals surface area contributed by atoms with Crippen molar-refractivity contribution in [2.24, 2.45) is 5.92 Å². The lowest BCUT2D eigenvalue weighted by Gasteiger charge is -2.15. The van der Waals surface area contributed by atoms with Gasteiger partial charge in [0.15, 0.2) is 0 Å². The summed E-state index contributed by atoms with van der Waals surface area (Å²) in [5.74, 6) is 1.38. The van der Waals surface area contributed by atoms with Crippen molar-refractivity contribution in [2.75, 3.05) is 7.11 Å². The highest BCUT2D eigenvalue weighted by Crippen LogP contribution is 2.54. The molecule has 2 nitrogen and oxygen atoms in total. The fourth-order valence-electron chi connectivity index (χ4n) is 3.87. The van der Waals surface area contributed by atoms with Gasteiger partial charge in [-0.2, -0.15) is 0 Å². The van der Waals surface area contributed by atoms with Crippen molar-refractivity contribution < 1.29 is 9.84 Å². The minimum Gasteiger partial charge on any atom is -0.496 e. The summed E-state index contributed by atoms with van der Waals surface area (Å²) in [6.07, 6.45) is 8.48. The first-order valence-corrected chi connectivity index (χ1v) is 10.1. The number of aliphatic hydroxyl groups is 1. The molecule has 0 heterocycles. The molecule has 1 N–H and O–H groups in total. The number of allylic oxidation sites excluding steroid dienone is 6. The van der Waals surface area contributed by atoms with Crippen LogP contribution in [0.3, 0.4) is 0 Å². The van der Waals surface area contributed by atoms with Gasteiger partial charge in [-0.25, -0.2) is 0 Å². The monoisotopic (exact) mass is 386 g/mol. The quantitative estimate of drug-likeness (QED) is 0.511. The molecule has 2 aromatic carbocycles. The highest BCUT2D eigenvalue weighted by molar-refractivity contribution is 5.75. The van der Waals surface area contributed by atoms with Gasteiger partial charge < -0.3 is 9.84 Å². The summed E-state index contributed by atoms with van der Waals surface area (Å²) < 4.78 is 5.42. The lowest BCUT2D eigenvalue weighted by atomic mass is 9.96. The summed E-state index contributed by atoms with van der Waals surface area (Å²) in [4.78, 5) is 0. The van der Waals surface area contributed by atoms with Crippen LogP contribution in [0.1, 0.15) is 54.5 Å². The lowest BCUT2D eigenvalue weighted by Crippen LogP contribution is -2.03. The number of aliphatic hydroxyl groups excluding tert-OH is 1. The highest BCUT2D eigenvalue weighted by atomic mass is 16.5. The van der Waals surface area contributed by atoms with Gasteiger partial charge >= 0.3 is 0 Å². The molecule has 0 bridgehead atoms. The van der Waals surface area contributed by atoms with Crippen LogP contribution in [0.4, 0.5) is 0 Å². The second-order valence-electron chi connectivity index (χ2n) is 7.67. The summed E-state index contributed by atoms with van der Waals surface area (Å²) in [5.41, 5.74) is 6.34. The van der Waals surface area contributed by atoms with E-state index >= 15 is 0 Å². The predicted molar refractivity (Wildman–Crippen MR) is 123 cm³/mol. The van der Waals surface area contributed by atoms with Crippen LogP contribution < -0.4 is 4.74 Å². The van der Waals surface area contributed by atoms with E-state index in [0.29, 0.717) is 5.92 Å². The van der Waals surface area contributed by atoms with Gasteiger partial charge in [0.25, 0.3) is 0 Å². The first-order valence-electron chi connectivity index (χ1n) is 10.1. The Balaban J connectivity index is 1.81. The minimum absolute atomic E-state index is 0.225. The van der Waals surface area contributed by atoms with E-state index in [4.69, 9.17) is 4.74 Å². The maximum Gasteiger partial charge on any atom is 0.126 e. The van der Waals surface area contributed by atoms with Gasteiger partial charge in [-0.15, -0.1) is 0 Å². The van der Waals surface area contributed by atoms with Crippen molar-refractivity contribution in [1.29, 1.82) is 0 Å². The minimum atomic E-state index is -0.495. The molecular formula is C27H30O2. The van der Waals surface area contributed by atoms with Crippen molar-refractivity contribution in [3.8, 4) is 5.75 Å². The molecule has 0 saturated heterocycles. The summed E-state index contributed by atoms with van der Waals surface area (Å²) in [6.45, 7) is 11.9. The van der Waals surface area contributed by atoms with E-state index in [-0.39, 0.29) is 5.92 Å². The highest BCUT2D eigenvalue weighted by Gasteiger charge is 2.44. The summed E-state index contributed by atoms with van der Waals surface area (Å²) >= 11 is 0. The van der Waals surface area contributed by atoms with Gasteiger partial charge in [0.2, 0.25) is 0 Å². The van der Waals surface area contributed by atoms with E-state index in [1.54, 1.807) is 7.11 Å². The van der Waals surface area contributed by atoms with Crippen LogP contribution in [0.25, 0.3) is 11.1 Å². The molecule has 3 rings (SSSR count). The molecule has 0 spiro atoms. The van der Waals surface area contributed by atoms with Gasteiger partial charge in [0.05, 0.1) is 13.2 Å². The van der Waals surface area contributed by atoms with E-state index in [0.717, 1.165) is 40.0 Å². The van der Waals surface area contributed by atoms with Crippen molar-refractivity contribution in [3.05, 3.63) is 102 Å². The average molecular weight is 387 g/mol. The SMILES string of the molecule is C=C/C(=C\C=C/C)c1cccc(C2CC2C(O)c2ccc(OC)c(C(=C)C)c2)c1. The topological polar surface area (TPSA) is 29.5 Å². The molecule has 150 valence electrons. The van der Waals surface area contributed by atoms with Gasteiger partial charge in [-0.05, 0) is 72.1 Å². The molecule has 29 heavy (non-hydrogen) atoms. The van der Waals surface area contributed by atoms with Crippen LogP contribution >= 0.6 is 0 Å². The predicted octanol–water partition coefficient (Wildman–Crippen LogP) is 6.71. The van der Waals surface area contributed by atoms with E-state index in [1.165, 1.54) is 5.56 Å². The first-order chi connectivity index (χ1) is 14.0. The summed E-state index contributed by atoms with van der Waals surface area (Å²) in [7, 11) is 1.66. The van der Waals surface area contributed by atoms with Crippen LogP contribution in [0.5, 0.6) is 5.75 Å². The Morgan fingerprint density at radius 3 is 2.69 bits per heavy atom. The maximum atomic E-state index is 11.0. The Bertz CT molecular complexity index is 964. The zero-order chi connectivity index (χ0) is 21.0. The Hall–Kier alpha value is -2.84. The third-order valence-electron chi connectivity index (χ3n) is 5.61. The van der Waals surface area contributed by atoms with Gasteiger partial charge in [-0.3, -0.25) is 0 Å². The third kappa shape index (κ3) is 4.60. The van der Waals surface area contributed by atoms with Crippen LogP contribution in [0.2, 0.25) is 0 Å². The molecule has 0 aliphatic heterocycles. The summed E-state index contributed by atoms with van der Waals surface area (Å²) in [6, 6.07) is 14.5. The number of benzene rings is 2. The molecule has 1 fully saturated rings. The zero-order valence-corrected chi connectivity index (χ0v) is 17.6. The zero-order valence-electron chi connectivity index (χ0n) is 17.6.